The molecule has 3 N–H and O–H groups in total. The fourth-order valence-electron chi connectivity index (χ4n) is 3.58. The van der Waals surface area contributed by atoms with Gasteiger partial charge in [-0.2, -0.15) is 5.26 Å². The van der Waals surface area contributed by atoms with Crippen molar-refractivity contribution in [3.8, 4) is 11.8 Å². The summed E-state index contributed by atoms with van der Waals surface area (Å²) in [5.74, 6) is -1.34. The van der Waals surface area contributed by atoms with Gasteiger partial charge in [0.25, 0.3) is 11.5 Å². The fourth-order valence-corrected chi connectivity index (χ4v) is 4.99. The predicted molar refractivity (Wildman–Crippen MR) is 104 cm³/mol. The number of carbonyl (C=O) groups is 1. The van der Waals surface area contributed by atoms with Gasteiger partial charge in [-0.05, 0) is 48.9 Å². The molecule has 1 aliphatic carbocycles. The summed E-state index contributed by atoms with van der Waals surface area (Å²) in [6.45, 7) is 2.16. The van der Waals surface area contributed by atoms with Gasteiger partial charge < -0.3 is 15.4 Å². The topological polar surface area (TPSA) is 106 Å². The van der Waals surface area contributed by atoms with Crippen molar-refractivity contribution in [2.45, 2.75) is 26.2 Å². The molecule has 2 aromatic heterocycles. The van der Waals surface area contributed by atoms with Crippen molar-refractivity contribution in [3.05, 3.63) is 55.9 Å². The van der Waals surface area contributed by atoms with Crippen molar-refractivity contribution in [2.75, 3.05) is 5.32 Å². The summed E-state index contributed by atoms with van der Waals surface area (Å²) in [5.41, 5.74) is -0.184. The molecule has 1 atom stereocenters. The van der Waals surface area contributed by atoms with Gasteiger partial charge in [-0.3, -0.25) is 9.59 Å². The largest absolute Gasteiger partial charge is 0.506 e. The van der Waals surface area contributed by atoms with Gasteiger partial charge in [-0.1, -0.05) is 6.92 Å². The zero-order valence-electron chi connectivity index (χ0n) is 14.9. The average molecular weight is 397 g/mol. The van der Waals surface area contributed by atoms with E-state index in [0.717, 1.165) is 35.8 Å². The number of nitrogens with one attached hydrogen (secondary N) is 2. The highest BCUT2D eigenvalue weighted by molar-refractivity contribution is 7.18. The van der Waals surface area contributed by atoms with Crippen LogP contribution in [-0.4, -0.2) is 16.0 Å². The molecular weight excluding hydrogens is 381 g/mol. The lowest BCUT2D eigenvalue weighted by Gasteiger charge is -2.18. The number of aromatic nitrogens is 1. The van der Waals surface area contributed by atoms with Gasteiger partial charge in [0.15, 0.2) is 0 Å². The number of aromatic hydroxyl groups is 1. The van der Waals surface area contributed by atoms with E-state index in [0.29, 0.717) is 16.1 Å². The number of amides is 1. The molecule has 1 aliphatic rings. The second kappa shape index (κ2) is 6.77. The Labute approximate surface area is 163 Å². The Kier molecular flexibility index (Phi) is 4.40. The van der Waals surface area contributed by atoms with Crippen molar-refractivity contribution in [3.63, 3.8) is 0 Å². The zero-order chi connectivity index (χ0) is 20.0. The SMILES string of the molecule is C[C@H]1CCc2c(sc3[nH]c(=O)c(C(=O)Nc4ccc(F)c(C#N)c4)c(O)c23)C1. The number of nitriles is 1. The number of halogens is 1. The smallest absolute Gasteiger partial charge is 0.265 e. The first kappa shape index (κ1) is 18.2. The summed E-state index contributed by atoms with van der Waals surface area (Å²) in [6, 6.07) is 5.20. The van der Waals surface area contributed by atoms with Crippen LogP contribution in [0.15, 0.2) is 23.0 Å². The molecule has 4 rings (SSSR count). The first-order chi connectivity index (χ1) is 13.4. The normalized spacial score (nSPS) is 15.8. The van der Waals surface area contributed by atoms with Gasteiger partial charge >= 0.3 is 0 Å². The number of thiophene rings is 1. The molecule has 3 aromatic rings. The monoisotopic (exact) mass is 397 g/mol. The number of aromatic amines is 1. The van der Waals surface area contributed by atoms with Crippen molar-refractivity contribution in [1.29, 1.82) is 5.26 Å². The maximum absolute atomic E-state index is 13.5. The fraction of sp³-hybridized carbons (Fsp3) is 0.250. The Balaban J connectivity index is 1.77. The van der Waals surface area contributed by atoms with Crippen LogP contribution in [-0.2, 0) is 12.8 Å². The third-order valence-corrected chi connectivity index (χ3v) is 6.18. The van der Waals surface area contributed by atoms with Crippen LogP contribution in [0, 0.1) is 23.1 Å². The molecule has 6 nitrogen and oxygen atoms in total. The summed E-state index contributed by atoms with van der Waals surface area (Å²) in [5, 5.41) is 22.6. The Bertz CT molecular complexity index is 1220. The van der Waals surface area contributed by atoms with Crippen LogP contribution in [0.1, 0.15) is 39.7 Å². The lowest BCUT2D eigenvalue weighted by Crippen LogP contribution is -2.23. The van der Waals surface area contributed by atoms with Gasteiger partial charge in [0, 0.05) is 10.6 Å². The zero-order valence-corrected chi connectivity index (χ0v) is 15.7. The van der Waals surface area contributed by atoms with E-state index in [1.807, 2.05) is 0 Å². The number of benzene rings is 1. The summed E-state index contributed by atoms with van der Waals surface area (Å²) >= 11 is 1.44. The van der Waals surface area contributed by atoms with E-state index in [-0.39, 0.29) is 17.0 Å². The van der Waals surface area contributed by atoms with Gasteiger partial charge in [-0.15, -0.1) is 11.3 Å². The molecule has 28 heavy (non-hydrogen) atoms. The minimum atomic E-state index is -0.819. The molecule has 0 saturated carbocycles. The number of pyridine rings is 1. The maximum Gasteiger partial charge on any atom is 0.265 e. The third kappa shape index (κ3) is 2.94. The highest BCUT2D eigenvalue weighted by Crippen LogP contribution is 2.41. The quantitative estimate of drug-likeness (QED) is 0.613. The number of H-pyrrole nitrogens is 1. The highest BCUT2D eigenvalue weighted by Gasteiger charge is 2.27. The standard InChI is InChI=1S/C20H16FN3O3S/c1-9-2-4-12-14(6-9)28-20-15(12)17(25)16(19(27)24-20)18(26)23-11-3-5-13(21)10(7-11)8-22/h3,5,7,9H,2,4,6H2,1H3,(H,23,26)(H2,24,25,27)/t9-/m0/s1. The van der Waals surface area contributed by atoms with E-state index in [9.17, 15) is 19.1 Å². The number of nitrogens with zero attached hydrogens (tertiary/aromatic N) is 1. The molecular formula is C20H16FN3O3S. The van der Waals surface area contributed by atoms with E-state index in [2.05, 4.69) is 17.2 Å². The van der Waals surface area contributed by atoms with Crippen LogP contribution in [0.5, 0.6) is 5.75 Å². The van der Waals surface area contributed by atoms with Crippen molar-refractivity contribution >= 4 is 33.1 Å². The van der Waals surface area contributed by atoms with Crippen molar-refractivity contribution < 1.29 is 14.3 Å². The minimum absolute atomic E-state index is 0.156. The van der Waals surface area contributed by atoms with E-state index in [1.54, 1.807) is 6.07 Å². The Hall–Kier alpha value is -3.18. The first-order valence-electron chi connectivity index (χ1n) is 8.79. The number of aryl methyl sites for hydroxylation is 1. The van der Waals surface area contributed by atoms with Gasteiger partial charge in [0.1, 0.15) is 28.0 Å². The maximum atomic E-state index is 13.5. The summed E-state index contributed by atoms with van der Waals surface area (Å²) < 4.78 is 13.5. The second-order valence-electron chi connectivity index (χ2n) is 6.99. The summed E-state index contributed by atoms with van der Waals surface area (Å²) in [7, 11) is 0. The van der Waals surface area contributed by atoms with Crippen LogP contribution in [0.3, 0.4) is 0 Å². The van der Waals surface area contributed by atoms with Crippen LogP contribution in [0.25, 0.3) is 10.2 Å². The first-order valence-corrected chi connectivity index (χ1v) is 9.61. The van der Waals surface area contributed by atoms with Gasteiger partial charge in [-0.25, -0.2) is 4.39 Å². The Morgan fingerprint density at radius 3 is 3.00 bits per heavy atom. The number of rotatable bonds is 2. The van der Waals surface area contributed by atoms with Crippen LogP contribution in [0.2, 0.25) is 0 Å². The Morgan fingerprint density at radius 1 is 1.46 bits per heavy atom. The van der Waals surface area contributed by atoms with Gasteiger partial charge in [0.05, 0.1) is 10.9 Å². The summed E-state index contributed by atoms with van der Waals surface area (Å²) in [4.78, 5) is 29.5. The number of carbonyl (C=O) groups excluding carboxylic acids is 1. The number of hydrogen-bond donors (Lipinski definition) is 3. The highest BCUT2D eigenvalue weighted by atomic mass is 32.1. The molecule has 1 amide bonds. The lowest BCUT2D eigenvalue weighted by molar-refractivity contribution is 0.102. The number of fused-ring (bicyclic) bond motifs is 3. The van der Waals surface area contributed by atoms with Crippen molar-refractivity contribution in [1.82, 2.24) is 4.98 Å². The van der Waals surface area contributed by atoms with E-state index in [4.69, 9.17) is 5.26 Å². The molecule has 1 aromatic carbocycles. The average Bonchev–Trinajstić information content (AvgIpc) is 3.00. The second-order valence-corrected chi connectivity index (χ2v) is 8.10. The van der Waals surface area contributed by atoms with E-state index < -0.39 is 22.8 Å². The van der Waals surface area contributed by atoms with E-state index >= 15 is 0 Å². The molecule has 0 unspecified atom stereocenters. The number of hydrogen-bond acceptors (Lipinski definition) is 5. The molecule has 2 heterocycles. The molecule has 142 valence electrons. The number of anilines is 1. The third-order valence-electron chi connectivity index (χ3n) is 5.01. The van der Waals surface area contributed by atoms with Gasteiger partial charge in [0.2, 0.25) is 0 Å². The molecule has 8 heteroatoms. The summed E-state index contributed by atoms with van der Waals surface area (Å²) in [6.07, 6.45) is 2.64. The van der Waals surface area contributed by atoms with Crippen LogP contribution >= 0.6 is 11.3 Å². The van der Waals surface area contributed by atoms with Crippen LogP contribution in [0.4, 0.5) is 10.1 Å². The molecule has 0 aliphatic heterocycles. The van der Waals surface area contributed by atoms with E-state index in [1.165, 1.54) is 23.5 Å². The predicted octanol–water partition coefficient (Wildman–Crippen LogP) is 3.68. The molecule has 0 saturated heterocycles. The molecule has 0 fully saturated rings. The Morgan fingerprint density at radius 2 is 2.25 bits per heavy atom. The van der Waals surface area contributed by atoms with Crippen LogP contribution < -0.4 is 10.9 Å². The van der Waals surface area contributed by atoms with Crippen molar-refractivity contribution in [2.24, 2.45) is 5.92 Å². The molecule has 0 bridgehead atoms. The molecule has 0 spiro atoms. The molecule has 0 radical (unpaired) electrons. The lowest BCUT2D eigenvalue weighted by atomic mass is 9.89. The minimum Gasteiger partial charge on any atom is -0.506 e.